The van der Waals surface area contributed by atoms with Gasteiger partial charge in [-0.25, -0.2) is 0 Å². The Kier molecular flexibility index (Phi) is 3.09. The molecule has 0 radical (unpaired) electrons. The largest absolute Gasteiger partial charge is 0.469 e. The first-order chi connectivity index (χ1) is 5.65. The smallest absolute Gasteiger partial charge is 0.312 e. The molecule has 12 heavy (non-hydrogen) atoms. The third kappa shape index (κ3) is 1.97. The molecule has 0 aliphatic heterocycles. The molecular formula is C9H11BrO2. The lowest BCUT2D eigenvalue weighted by atomic mass is 9.98. The monoisotopic (exact) mass is 230 g/mol. The fraction of sp³-hybridized carbons (Fsp3) is 0.444. The van der Waals surface area contributed by atoms with Crippen molar-refractivity contribution in [3.05, 3.63) is 22.2 Å². The zero-order valence-electron chi connectivity index (χ0n) is 7.13. The number of rotatable bonds is 1. The highest BCUT2D eigenvalue weighted by Crippen LogP contribution is 2.27. The minimum atomic E-state index is -0.171. The van der Waals surface area contributed by atoms with E-state index in [4.69, 9.17) is 0 Å². The van der Waals surface area contributed by atoms with E-state index in [2.05, 4.69) is 20.7 Å². The third-order valence-corrected chi connectivity index (χ3v) is 2.80. The summed E-state index contributed by atoms with van der Waals surface area (Å²) in [5.41, 5.74) is 1.18. The molecule has 1 aliphatic rings. The lowest BCUT2D eigenvalue weighted by Gasteiger charge is -2.14. The summed E-state index contributed by atoms with van der Waals surface area (Å²) in [5, 5.41) is 0. The number of carbonyl (C=O) groups is 1. The molecule has 0 spiro atoms. The van der Waals surface area contributed by atoms with Crippen LogP contribution in [0.4, 0.5) is 0 Å². The summed E-state index contributed by atoms with van der Waals surface area (Å²) in [4.78, 5) is 11.1. The van der Waals surface area contributed by atoms with Gasteiger partial charge in [-0.3, -0.25) is 4.79 Å². The van der Waals surface area contributed by atoms with E-state index >= 15 is 0 Å². The number of methoxy groups -OCH3 is 1. The SMILES string of the molecule is COC(=O)C1C=C(Br)C(C)=CC1. The molecule has 0 aromatic rings. The van der Waals surface area contributed by atoms with Crippen LogP contribution in [-0.4, -0.2) is 13.1 Å². The summed E-state index contributed by atoms with van der Waals surface area (Å²) >= 11 is 3.38. The van der Waals surface area contributed by atoms with Gasteiger partial charge in [0.15, 0.2) is 0 Å². The quantitative estimate of drug-likeness (QED) is 0.647. The Morgan fingerprint density at radius 2 is 2.42 bits per heavy atom. The molecule has 0 aromatic heterocycles. The van der Waals surface area contributed by atoms with E-state index in [-0.39, 0.29) is 11.9 Å². The Bertz CT molecular complexity index is 253. The number of esters is 1. The molecule has 1 rings (SSSR count). The number of hydrogen-bond acceptors (Lipinski definition) is 2. The molecule has 3 heteroatoms. The molecule has 0 saturated carbocycles. The van der Waals surface area contributed by atoms with Crippen LogP contribution in [0.5, 0.6) is 0 Å². The standard InChI is InChI=1S/C9H11BrO2/c1-6-3-4-7(5-8(6)10)9(11)12-2/h3,5,7H,4H2,1-2H3. The number of ether oxygens (including phenoxy) is 1. The zero-order valence-corrected chi connectivity index (χ0v) is 8.72. The first-order valence-corrected chi connectivity index (χ1v) is 4.56. The molecule has 0 N–H and O–H groups in total. The molecule has 0 fully saturated rings. The van der Waals surface area contributed by atoms with E-state index < -0.39 is 0 Å². The summed E-state index contributed by atoms with van der Waals surface area (Å²) in [5.74, 6) is -0.288. The average molecular weight is 231 g/mol. The zero-order chi connectivity index (χ0) is 9.14. The molecule has 2 nitrogen and oxygen atoms in total. The highest BCUT2D eigenvalue weighted by atomic mass is 79.9. The van der Waals surface area contributed by atoms with Crippen molar-refractivity contribution in [2.45, 2.75) is 13.3 Å². The number of hydrogen-bond donors (Lipinski definition) is 0. The van der Waals surface area contributed by atoms with Crippen molar-refractivity contribution in [1.82, 2.24) is 0 Å². The van der Waals surface area contributed by atoms with Gasteiger partial charge in [-0.1, -0.05) is 28.1 Å². The van der Waals surface area contributed by atoms with Crippen molar-refractivity contribution in [3.63, 3.8) is 0 Å². The van der Waals surface area contributed by atoms with Gasteiger partial charge in [0.25, 0.3) is 0 Å². The molecule has 1 aliphatic carbocycles. The van der Waals surface area contributed by atoms with Crippen molar-refractivity contribution in [2.24, 2.45) is 5.92 Å². The van der Waals surface area contributed by atoms with E-state index in [0.717, 1.165) is 10.9 Å². The van der Waals surface area contributed by atoms with Gasteiger partial charge in [-0.05, 0) is 18.9 Å². The third-order valence-electron chi connectivity index (χ3n) is 1.91. The van der Waals surface area contributed by atoms with Gasteiger partial charge in [-0.2, -0.15) is 0 Å². The second kappa shape index (κ2) is 3.90. The fourth-order valence-electron chi connectivity index (χ4n) is 1.09. The lowest BCUT2D eigenvalue weighted by Crippen LogP contribution is -2.15. The topological polar surface area (TPSA) is 26.3 Å². The molecule has 0 bridgehead atoms. The van der Waals surface area contributed by atoms with Gasteiger partial charge >= 0.3 is 5.97 Å². The summed E-state index contributed by atoms with van der Waals surface area (Å²) in [6.45, 7) is 2.01. The van der Waals surface area contributed by atoms with Crippen molar-refractivity contribution in [1.29, 1.82) is 0 Å². The van der Waals surface area contributed by atoms with E-state index in [1.54, 1.807) is 0 Å². The molecule has 1 unspecified atom stereocenters. The van der Waals surface area contributed by atoms with Crippen LogP contribution in [-0.2, 0) is 9.53 Å². The Morgan fingerprint density at radius 3 is 2.92 bits per heavy atom. The minimum absolute atomic E-state index is 0.118. The number of halogens is 1. The Hall–Kier alpha value is -0.570. The molecule has 0 saturated heterocycles. The van der Waals surface area contributed by atoms with E-state index in [1.165, 1.54) is 12.7 Å². The van der Waals surface area contributed by atoms with Gasteiger partial charge in [-0.15, -0.1) is 0 Å². The minimum Gasteiger partial charge on any atom is -0.469 e. The number of carbonyl (C=O) groups excluding carboxylic acids is 1. The first kappa shape index (κ1) is 9.52. The molecular weight excluding hydrogens is 220 g/mol. The van der Waals surface area contributed by atoms with Crippen LogP contribution < -0.4 is 0 Å². The van der Waals surface area contributed by atoms with Crippen molar-refractivity contribution in [2.75, 3.05) is 7.11 Å². The number of allylic oxidation sites excluding steroid dienone is 3. The van der Waals surface area contributed by atoms with Crippen molar-refractivity contribution in [3.8, 4) is 0 Å². The van der Waals surface area contributed by atoms with Gasteiger partial charge in [0, 0.05) is 4.48 Å². The lowest BCUT2D eigenvalue weighted by molar-refractivity contribution is -0.143. The van der Waals surface area contributed by atoms with Crippen molar-refractivity contribution < 1.29 is 9.53 Å². The summed E-state index contributed by atoms with van der Waals surface area (Å²) < 4.78 is 5.63. The summed E-state index contributed by atoms with van der Waals surface area (Å²) in [6.07, 6.45) is 4.67. The first-order valence-electron chi connectivity index (χ1n) is 3.77. The van der Waals surface area contributed by atoms with Crippen LogP contribution in [0.25, 0.3) is 0 Å². The molecule has 0 amide bonds. The van der Waals surface area contributed by atoms with Gasteiger partial charge < -0.3 is 4.74 Å². The van der Waals surface area contributed by atoms with E-state index in [0.29, 0.717) is 0 Å². The Labute approximate surface area is 80.4 Å². The molecule has 1 atom stereocenters. The molecule has 0 aromatic carbocycles. The van der Waals surface area contributed by atoms with Gasteiger partial charge in [0.2, 0.25) is 0 Å². The van der Waals surface area contributed by atoms with Crippen LogP contribution >= 0.6 is 15.9 Å². The van der Waals surface area contributed by atoms with E-state index in [9.17, 15) is 4.79 Å². The van der Waals surface area contributed by atoms with Crippen LogP contribution in [0.15, 0.2) is 22.2 Å². The summed E-state index contributed by atoms with van der Waals surface area (Å²) in [6, 6.07) is 0. The van der Waals surface area contributed by atoms with Crippen LogP contribution in [0.2, 0.25) is 0 Å². The summed E-state index contributed by atoms with van der Waals surface area (Å²) in [7, 11) is 1.41. The normalized spacial score (nSPS) is 22.8. The Morgan fingerprint density at radius 1 is 1.75 bits per heavy atom. The maximum Gasteiger partial charge on any atom is 0.312 e. The Balaban J connectivity index is 2.71. The average Bonchev–Trinajstić information content (AvgIpc) is 2.08. The van der Waals surface area contributed by atoms with E-state index in [1.807, 2.05) is 19.1 Å². The van der Waals surface area contributed by atoms with Crippen LogP contribution in [0.1, 0.15) is 13.3 Å². The van der Waals surface area contributed by atoms with Crippen LogP contribution in [0.3, 0.4) is 0 Å². The predicted octanol–water partition coefficient (Wildman–Crippen LogP) is 2.40. The fourth-order valence-corrected chi connectivity index (χ4v) is 1.57. The van der Waals surface area contributed by atoms with Crippen LogP contribution in [0, 0.1) is 5.92 Å². The molecule has 66 valence electrons. The van der Waals surface area contributed by atoms with Gasteiger partial charge in [0.1, 0.15) is 0 Å². The maximum atomic E-state index is 11.1. The second-order valence-corrected chi connectivity index (χ2v) is 3.62. The van der Waals surface area contributed by atoms with Crippen molar-refractivity contribution >= 4 is 21.9 Å². The predicted molar refractivity (Wildman–Crippen MR) is 50.9 cm³/mol. The maximum absolute atomic E-state index is 11.1. The highest BCUT2D eigenvalue weighted by molar-refractivity contribution is 9.12. The molecule has 0 heterocycles. The highest BCUT2D eigenvalue weighted by Gasteiger charge is 2.19. The van der Waals surface area contributed by atoms with Gasteiger partial charge in [0.05, 0.1) is 13.0 Å². The second-order valence-electron chi connectivity index (χ2n) is 2.77.